The third-order valence-electron chi connectivity index (χ3n) is 5.29. The number of urea groups is 1. The number of halogens is 1. The van der Waals surface area contributed by atoms with Gasteiger partial charge in [0.25, 0.3) is 0 Å². The van der Waals surface area contributed by atoms with Crippen LogP contribution in [0.25, 0.3) is 11.3 Å². The number of rotatable bonds is 6. The highest BCUT2D eigenvalue weighted by molar-refractivity contribution is 6.33. The topological polar surface area (TPSA) is 87.5 Å². The first-order valence-electron chi connectivity index (χ1n) is 10.1. The van der Waals surface area contributed by atoms with Crippen LogP contribution in [-0.4, -0.2) is 35.1 Å². The molecule has 7 nitrogen and oxygen atoms in total. The fourth-order valence-electron chi connectivity index (χ4n) is 3.70. The molecule has 4 rings (SSSR count). The molecule has 1 aliphatic rings. The number of benzene rings is 2. The van der Waals surface area contributed by atoms with Gasteiger partial charge in [-0.15, -0.1) is 0 Å². The predicted octanol–water partition coefficient (Wildman–Crippen LogP) is 4.47. The Kier molecular flexibility index (Phi) is 6.23. The average molecular weight is 439 g/mol. The molecule has 0 bridgehead atoms. The predicted molar refractivity (Wildman–Crippen MR) is 119 cm³/mol. The molecular formula is C23H23ClN4O3. The number of hydrogen-bond acceptors (Lipinski definition) is 4. The van der Waals surface area contributed by atoms with E-state index in [4.69, 9.17) is 16.1 Å². The number of nitrogens with one attached hydrogen (secondary N) is 2. The quantitative estimate of drug-likeness (QED) is 0.594. The Hall–Kier alpha value is -3.32. The summed E-state index contributed by atoms with van der Waals surface area (Å²) in [6, 6.07) is 16.7. The van der Waals surface area contributed by atoms with Crippen LogP contribution in [0.4, 0.5) is 10.5 Å². The molecule has 31 heavy (non-hydrogen) atoms. The third kappa shape index (κ3) is 4.88. The number of anilines is 1. The number of carbonyl (C=O) groups is 2. The Labute approximate surface area is 185 Å². The molecular weight excluding hydrogens is 416 g/mol. The summed E-state index contributed by atoms with van der Waals surface area (Å²) in [5.41, 5.74) is 2.72. The van der Waals surface area contributed by atoms with Gasteiger partial charge in [-0.2, -0.15) is 0 Å². The van der Waals surface area contributed by atoms with E-state index < -0.39 is 0 Å². The molecule has 1 aromatic heterocycles. The molecule has 3 amide bonds. The smallest absolute Gasteiger partial charge is 0.319 e. The highest BCUT2D eigenvalue weighted by Gasteiger charge is 2.30. The van der Waals surface area contributed by atoms with E-state index in [1.807, 2.05) is 53.4 Å². The standard InChI is InChI=1S/C23H23ClN4O3/c1-15-21(22(27-31-15)18-9-5-6-10-19(18)24)26-23(30)25-12-17-11-20(29)28(14-17)13-16-7-3-2-4-8-16/h2-10,17H,11-14H2,1H3,(H2,25,26,30). The molecule has 1 aliphatic heterocycles. The molecule has 2 heterocycles. The molecule has 1 saturated heterocycles. The van der Waals surface area contributed by atoms with E-state index in [-0.39, 0.29) is 17.9 Å². The summed E-state index contributed by atoms with van der Waals surface area (Å²) < 4.78 is 5.27. The van der Waals surface area contributed by atoms with Crippen LogP contribution in [0.5, 0.6) is 0 Å². The zero-order valence-electron chi connectivity index (χ0n) is 17.1. The fraction of sp³-hybridized carbons (Fsp3) is 0.261. The first-order chi connectivity index (χ1) is 15.0. The Balaban J connectivity index is 1.34. The lowest BCUT2D eigenvalue weighted by Gasteiger charge is -2.17. The lowest BCUT2D eigenvalue weighted by Crippen LogP contribution is -2.34. The van der Waals surface area contributed by atoms with Crippen molar-refractivity contribution in [2.45, 2.75) is 19.9 Å². The van der Waals surface area contributed by atoms with Crippen LogP contribution in [0.2, 0.25) is 5.02 Å². The molecule has 160 valence electrons. The summed E-state index contributed by atoms with van der Waals surface area (Å²) in [5, 5.41) is 10.2. The first-order valence-corrected chi connectivity index (χ1v) is 10.5. The van der Waals surface area contributed by atoms with Crippen LogP contribution in [0.1, 0.15) is 17.7 Å². The van der Waals surface area contributed by atoms with Crippen LogP contribution in [0.15, 0.2) is 59.1 Å². The molecule has 0 radical (unpaired) electrons. The Morgan fingerprint density at radius 2 is 1.94 bits per heavy atom. The summed E-state index contributed by atoms with van der Waals surface area (Å²) >= 11 is 6.26. The molecule has 2 N–H and O–H groups in total. The van der Waals surface area contributed by atoms with Gasteiger partial charge in [0.2, 0.25) is 5.91 Å². The largest absolute Gasteiger partial charge is 0.359 e. The summed E-state index contributed by atoms with van der Waals surface area (Å²) in [5.74, 6) is 0.649. The first kappa shape index (κ1) is 20.9. The van der Waals surface area contributed by atoms with E-state index in [9.17, 15) is 9.59 Å². The maximum atomic E-state index is 12.5. The van der Waals surface area contributed by atoms with E-state index in [0.717, 1.165) is 5.56 Å². The van der Waals surface area contributed by atoms with Crippen molar-refractivity contribution >= 4 is 29.2 Å². The Morgan fingerprint density at radius 1 is 1.19 bits per heavy atom. The van der Waals surface area contributed by atoms with Gasteiger partial charge in [0, 0.05) is 37.5 Å². The number of aryl methyl sites for hydroxylation is 1. The molecule has 0 spiro atoms. The monoisotopic (exact) mass is 438 g/mol. The van der Waals surface area contributed by atoms with Gasteiger partial charge >= 0.3 is 6.03 Å². The highest BCUT2D eigenvalue weighted by atomic mass is 35.5. The SMILES string of the molecule is Cc1onc(-c2ccccc2Cl)c1NC(=O)NCC1CC(=O)N(Cc2ccccc2)C1. The van der Waals surface area contributed by atoms with E-state index >= 15 is 0 Å². The molecule has 0 aliphatic carbocycles. The summed E-state index contributed by atoms with van der Waals surface area (Å²) in [7, 11) is 0. The maximum absolute atomic E-state index is 12.5. The van der Waals surface area contributed by atoms with Crippen molar-refractivity contribution in [3.05, 3.63) is 70.9 Å². The minimum Gasteiger partial charge on any atom is -0.359 e. The average Bonchev–Trinajstić information content (AvgIpc) is 3.30. The van der Waals surface area contributed by atoms with E-state index in [2.05, 4.69) is 15.8 Å². The number of nitrogens with zero attached hydrogens (tertiary/aromatic N) is 2. The van der Waals surface area contributed by atoms with E-state index in [0.29, 0.717) is 53.8 Å². The van der Waals surface area contributed by atoms with Crippen molar-refractivity contribution in [2.24, 2.45) is 5.92 Å². The van der Waals surface area contributed by atoms with Crippen LogP contribution in [-0.2, 0) is 11.3 Å². The number of hydrogen-bond donors (Lipinski definition) is 2. The second-order valence-electron chi connectivity index (χ2n) is 7.61. The van der Waals surface area contributed by atoms with Gasteiger partial charge < -0.3 is 20.1 Å². The molecule has 0 saturated carbocycles. The normalized spacial score (nSPS) is 15.9. The van der Waals surface area contributed by atoms with Crippen molar-refractivity contribution < 1.29 is 14.1 Å². The van der Waals surface area contributed by atoms with Crippen molar-refractivity contribution in [1.82, 2.24) is 15.4 Å². The number of carbonyl (C=O) groups excluding carboxylic acids is 2. The lowest BCUT2D eigenvalue weighted by molar-refractivity contribution is -0.128. The molecule has 1 unspecified atom stereocenters. The zero-order valence-corrected chi connectivity index (χ0v) is 17.9. The molecule has 1 atom stereocenters. The van der Waals surface area contributed by atoms with Gasteiger partial charge in [-0.1, -0.05) is 65.3 Å². The molecule has 1 fully saturated rings. The van der Waals surface area contributed by atoms with E-state index in [1.54, 1.807) is 13.0 Å². The van der Waals surface area contributed by atoms with Crippen molar-refractivity contribution in [2.75, 3.05) is 18.4 Å². The summed E-state index contributed by atoms with van der Waals surface area (Å²) in [6.45, 7) is 3.32. The second kappa shape index (κ2) is 9.22. The van der Waals surface area contributed by atoms with Crippen molar-refractivity contribution in [1.29, 1.82) is 0 Å². The van der Waals surface area contributed by atoms with Crippen LogP contribution in [0.3, 0.4) is 0 Å². The van der Waals surface area contributed by atoms with E-state index in [1.165, 1.54) is 0 Å². The molecule has 8 heteroatoms. The van der Waals surface area contributed by atoms with Crippen molar-refractivity contribution in [3.63, 3.8) is 0 Å². The van der Waals surface area contributed by atoms with Gasteiger partial charge in [0.1, 0.15) is 11.4 Å². The van der Waals surface area contributed by atoms with Crippen LogP contribution in [0, 0.1) is 12.8 Å². The van der Waals surface area contributed by atoms with Crippen LogP contribution < -0.4 is 10.6 Å². The van der Waals surface area contributed by atoms with Crippen molar-refractivity contribution in [3.8, 4) is 11.3 Å². The maximum Gasteiger partial charge on any atom is 0.319 e. The third-order valence-corrected chi connectivity index (χ3v) is 5.62. The highest BCUT2D eigenvalue weighted by Crippen LogP contribution is 2.34. The van der Waals surface area contributed by atoms with Crippen LogP contribution >= 0.6 is 11.6 Å². The van der Waals surface area contributed by atoms with Gasteiger partial charge in [0.05, 0.1) is 5.02 Å². The Morgan fingerprint density at radius 3 is 2.71 bits per heavy atom. The number of likely N-dealkylation sites (tertiary alicyclic amines) is 1. The molecule has 3 aromatic rings. The zero-order chi connectivity index (χ0) is 21.8. The lowest BCUT2D eigenvalue weighted by atomic mass is 10.1. The summed E-state index contributed by atoms with van der Waals surface area (Å²) in [6.07, 6.45) is 0.421. The summed E-state index contributed by atoms with van der Waals surface area (Å²) in [4.78, 5) is 26.7. The number of amides is 3. The minimum absolute atomic E-state index is 0.0635. The Bertz CT molecular complexity index is 1080. The fourth-order valence-corrected chi connectivity index (χ4v) is 3.92. The van der Waals surface area contributed by atoms with Gasteiger partial charge in [-0.05, 0) is 18.6 Å². The van der Waals surface area contributed by atoms with Gasteiger partial charge in [-0.25, -0.2) is 4.79 Å². The van der Waals surface area contributed by atoms with Gasteiger partial charge in [0.15, 0.2) is 5.76 Å². The minimum atomic E-state index is -0.381. The molecule has 2 aromatic carbocycles. The number of aromatic nitrogens is 1. The van der Waals surface area contributed by atoms with Gasteiger partial charge in [-0.3, -0.25) is 4.79 Å². The second-order valence-corrected chi connectivity index (χ2v) is 8.01.